The van der Waals surface area contributed by atoms with Gasteiger partial charge in [-0.2, -0.15) is 0 Å². The van der Waals surface area contributed by atoms with E-state index >= 15 is 0 Å². The normalized spacial score (nSPS) is 19.9. The Bertz CT molecular complexity index is 528. The molecule has 1 aliphatic rings. The van der Waals surface area contributed by atoms with Gasteiger partial charge in [-0.05, 0) is 18.0 Å². The second kappa shape index (κ2) is 4.87. The third-order valence-electron chi connectivity index (χ3n) is 2.43. The molecule has 0 N–H and O–H groups in total. The number of rotatable bonds is 1. The smallest absolute Gasteiger partial charge is 0.284 e. The molecule has 1 aliphatic heterocycles. The molecule has 17 heavy (non-hydrogen) atoms. The van der Waals surface area contributed by atoms with Crippen LogP contribution in [0.15, 0.2) is 0 Å². The molecule has 2 rings (SSSR count). The summed E-state index contributed by atoms with van der Waals surface area (Å²) in [6.45, 7) is 0.633. The number of aromatic nitrogens is 2. The zero-order chi connectivity index (χ0) is 12.5. The highest BCUT2D eigenvalue weighted by molar-refractivity contribution is 7.91. The maximum atomic E-state index is 12.0. The van der Waals surface area contributed by atoms with Crippen molar-refractivity contribution in [2.24, 2.45) is 0 Å². The van der Waals surface area contributed by atoms with Crippen LogP contribution in [0.25, 0.3) is 0 Å². The molecule has 1 aromatic heterocycles. The number of sulfone groups is 1. The molecule has 0 aromatic carbocycles. The predicted octanol–water partition coefficient (Wildman–Crippen LogP) is 0.452. The molecule has 1 saturated heterocycles. The van der Waals surface area contributed by atoms with E-state index in [-0.39, 0.29) is 33.4 Å². The number of amides is 1. The van der Waals surface area contributed by atoms with Gasteiger partial charge in [-0.25, -0.2) is 8.42 Å². The fraction of sp³-hybridized carbons (Fsp3) is 0.625. The first-order chi connectivity index (χ1) is 7.98. The second-order valence-electron chi connectivity index (χ2n) is 3.66. The Hall–Kier alpha value is -0.730. The first-order valence-electron chi connectivity index (χ1n) is 4.97. The highest BCUT2D eigenvalue weighted by atomic mass is 35.5. The highest BCUT2D eigenvalue weighted by Crippen LogP contribution is 2.17. The molecule has 94 valence electrons. The van der Waals surface area contributed by atoms with Crippen LogP contribution < -0.4 is 0 Å². The Kier molecular flexibility index (Phi) is 3.64. The van der Waals surface area contributed by atoms with Gasteiger partial charge in [0.05, 0.1) is 11.5 Å². The van der Waals surface area contributed by atoms with Gasteiger partial charge in [0, 0.05) is 13.1 Å². The molecule has 9 heteroatoms. The quantitative estimate of drug-likeness (QED) is 0.751. The molecule has 1 aromatic rings. The van der Waals surface area contributed by atoms with Crippen molar-refractivity contribution in [2.75, 3.05) is 24.6 Å². The molecular formula is C8H10ClN3O3S2. The van der Waals surface area contributed by atoms with Crippen LogP contribution in [0.2, 0.25) is 4.47 Å². The van der Waals surface area contributed by atoms with Crippen LogP contribution in [0, 0.1) is 0 Å². The monoisotopic (exact) mass is 295 g/mol. The Labute approximate surface area is 108 Å². The summed E-state index contributed by atoms with van der Waals surface area (Å²) in [6, 6.07) is 0. The summed E-state index contributed by atoms with van der Waals surface area (Å²) in [5.74, 6) is -0.162. The minimum Gasteiger partial charge on any atom is -0.335 e. The molecule has 0 atom stereocenters. The summed E-state index contributed by atoms with van der Waals surface area (Å²) < 4.78 is 23.0. The van der Waals surface area contributed by atoms with E-state index in [1.54, 1.807) is 0 Å². The minimum absolute atomic E-state index is 0.00523. The SMILES string of the molecule is O=C(c1nnc(Cl)s1)N1CCCS(=O)(=O)CC1. The van der Waals surface area contributed by atoms with Gasteiger partial charge >= 0.3 is 0 Å². The fourth-order valence-corrected chi connectivity index (χ4v) is 3.64. The van der Waals surface area contributed by atoms with Gasteiger partial charge in [-0.15, -0.1) is 10.2 Å². The molecule has 1 fully saturated rings. The highest BCUT2D eigenvalue weighted by Gasteiger charge is 2.25. The molecule has 0 spiro atoms. The van der Waals surface area contributed by atoms with Crippen LogP contribution in [0.4, 0.5) is 0 Å². The summed E-state index contributed by atoms with van der Waals surface area (Å²) in [7, 11) is -3.02. The topological polar surface area (TPSA) is 80.2 Å². The number of halogens is 1. The van der Waals surface area contributed by atoms with E-state index in [0.717, 1.165) is 11.3 Å². The van der Waals surface area contributed by atoms with Crippen LogP contribution in [0.5, 0.6) is 0 Å². The van der Waals surface area contributed by atoms with Gasteiger partial charge in [0.2, 0.25) is 9.47 Å². The van der Waals surface area contributed by atoms with Gasteiger partial charge in [-0.1, -0.05) is 11.3 Å². The summed E-state index contributed by atoms with van der Waals surface area (Å²) in [6.07, 6.45) is 0.459. The van der Waals surface area contributed by atoms with Crippen LogP contribution in [-0.4, -0.2) is 54.0 Å². The van der Waals surface area contributed by atoms with Gasteiger partial charge in [0.1, 0.15) is 0 Å². The number of carbonyl (C=O) groups excluding carboxylic acids is 1. The van der Waals surface area contributed by atoms with Gasteiger partial charge in [0.25, 0.3) is 5.91 Å². The van der Waals surface area contributed by atoms with E-state index in [2.05, 4.69) is 10.2 Å². The van der Waals surface area contributed by atoms with Crippen molar-refractivity contribution < 1.29 is 13.2 Å². The molecular weight excluding hydrogens is 286 g/mol. The molecule has 2 heterocycles. The van der Waals surface area contributed by atoms with Crippen LogP contribution >= 0.6 is 22.9 Å². The maximum absolute atomic E-state index is 12.0. The average molecular weight is 296 g/mol. The Morgan fingerprint density at radius 1 is 1.29 bits per heavy atom. The molecule has 0 radical (unpaired) electrons. The fourth-order valence-electron chi connectivity index (χ4n) is 1.57. The lowest BCUT2D eigenvalue weighted by atomic mass is 10.4. The Morgan fingerprint density at radius 2 is 2.06 bits per heavy atom. The van der Waals surface area contributed by atoms with E-state index in [1.807, 2.05) is 0 Å². The first-order valence-corrected chi connectivity index (χ1v) is 7.98. The molecule has 0 unspecified atom stereocenters. The van der Waals surface area contributed by atoms with Gasteiger partial charge in [0.15, 0.2) is 9.84 Å². The van der Waals surface area contributed by atoms with E-state index in [1.165, 1.54) is 4.90 Å². The lowest BCUT2D eigenvalue weighted by Gasteiger charge is -2.17. The van der Waals surface area contributed by atoms with Crippen LogP contribution in [0.3, 0.4) is 0 Å². The lowest BCUT2D eigenvalue weighted by molar-refractivity contribution is 0.0767. The first kappa shape index (κ1) is 12.7. The molecule has 6 nitrogen and oxygen atoms in total. The zero-order valence-electron chi connectivity index (χ0n) is 8.80. The number of carbonyl (C=O) groups is 1. The van der Waals surface area contributed by atoms with Crippen molar-refractivity contribution in [3.05, 3.63) is 9.47 Å². The molecule has 0 aliphatic carbocycles. The lowest BCUT2D eigenvalue weighted by Crippen LogP contribution is -2.33. The van der Waals surface area contributed by atoms with Crippen molar-refractivity contribution >= 4 is 38.7 Å². The van der Waals surface area contributed by atoms with E-state index in [0.29, 0.717) is 13.0 Å². The van der Waals surface area contributed by atoms with Crippen molar-refractivity contribution in [2.45, 2.75) is 6.42 Å². The molecule has 1 amide bonds. The van der Waals surface area contributed by atoms with Crippen LogP contribution in [0.1, 0.15) is 16.2 Å². The van der Waals surface area contributed by atoms with Crippen molar-refractivity contribution in [3.8, 4) is 0 Å². The van der Waals surface area contributed by atoms with E-state index < -0.39 is 9.84 Å². The van der Waals surface area contributed by atoms with Crippen molar-refractivity contribution in [1.29, 1.82) is 0 Å². The molecule has 0 saturated carbocycles. The van der Waals surface area contributed by atoms with E-state index in [4.69, 9.17) is 11.6 Å². The zero-order valence-corrected chi connectivity index (χ0v) is 11.2. The van der Waals surface area contributed by atoms with Gasteiger partial charge in [-0.3, -0.25) is 4.79 Å². The van der Waals surface area contributed by atoms with Crippen LogP contribution in [-0.2, 0) is 9.84 Å². The summed E-state index contributed by atoms with van der Waals surface area (Å²) >= 11 is 6.60. The van der Waals surface area contributed by atoms with Crippen molar-refractivity contribution in [3.63, 3.8) is 0 Å². The maximum Gasteiger partial charge on any atom is 0.284 e. The third kappa shape index (κ3) is 3.14. The van der Waals surface area contributed by atoms with Crippen molar-refractivity contribution in [1.82, 2.24) is 15.1 Å². The largest absolute Gasteiger partial charge is 0.335 e. The average Bonchev–Trinajstić information content (AvgIpc) is 2.60. The summed E-state index contributed by atoms with van der Waals surface area (Å²) in [5, 5.41) is 7.41. The summed E-state index contributed by atoms with van der Waals surface area (Å²) in [5.41, 5.74) is 0. The minimum atomic E-state index is -3.02. The Balaban J connectivity index is 2.10. The number of hydrogen-bond acceptors (Lipinski definition) is 6. The van der Waals surface area contributed by atoms with E-state index in [9.17, 15) is 13.2 Å². The predicted molar refractivity (Wildman–Crippen MR) is 64.1 cm³/mol. The standard InChI is InChI=1S/C8H10ClN3O3S2/c9-8-11-10-6(16-8)7(13)12-2-1-4-17(14,15)5-3-12/h1-5H2. The van der Waals surface area contributed by atoms with Gasteiger partial charge < -0.3 is 4.90 Å². The third-order valence-corrected chi connectivity index (χ3v) is 5.15. The second-order valence-corrected chi connectivity index (χ2v) is 7.52. The number of nitrogens with zero attached hydrogens (tertiary/aromatic N) is 3. The molecule has 0 bridgehead atoms. The Morgan fingerprint density at radius 3 is 2.71 bits per heavy atom. The number of hydrogen-bond donors (Lipinski definition) is 0. The summed E-state index contributed by atoms with van der Waals surface area (Å²) in [4.78, 5) is 13.4.